The van der Waals surface area contributed by atoms with Crippen molar-refractivity contribution in [3.05, 3.63) is 45.8 Å². The molecule has 2 aromatic rings. The molecule has 0 radical (unpaired) electrons. The van der Waals surface area contributed by atoms with Gasteiger partial charge < -0.3 is 4.98 Å². The van der Waals surface area contributed by atoms with Crippen LogP contribution in [-0.4, -0.2) is 14.9 Å². The number of aromatic amines is 1. The van der Waals surface area contributed by atoms with Crippen LogP contribution in [0.5, 0.6) is 0 Å². The predicted octanol–water partition coefficient (Wildman–Crippen LogP) is 3.03. The van der Waals surface area contributed by atoms with Gasteiger partial charge in [-0.3, -0.25) is 10.1 Å². The van der Waals surface area contributed by atoms with Gasteiger partial charge in [0.1, 0.15) is 5.82 Å². The summed E-state index contributed by atoms with van der Waals surface area (Å²) >= 11 is 5.67. The first kappa shape index (κ1) is 11.6. The van der Waals surface area contributed by atoms with Crippen molar-refractivity contribution in [2.24, 2.45) is 0 Å². The number of rotatable bonds is 3. The summed E-state index contributed by atoms with van der Waals surface area (Å²) in [6.07, 6.45) is 1.63. The third-order valence-electron chi connectivity index (χ3n) is 2.46. The van der Waals surface area contributed by atoms with Gasteiger partial charge in [0.2, 0.25) is 0 Å². The Balaban J connectivity index is 2.49. The van der Waals surface area contributed by atoms with E-state index in [9.17, 15) is 10.1 Å². The molecule has 17 heavy (non-hydrogen) atoms. The number of nitro benzene ring substituents is 1. The zero-order valence-electron chi connectivity index (χ0n) is 9.11. The molecule has 0 fully saturated rings. The lowest BCUT2D eigenvalue weighted by atomic mass is 10.1. The number of nitrogens with one attached hydrogen (secondary N) is 1. The molecule has 88 valence electrons. The van der Waals surface area contributed by atoms with E-state index in [-0.39, 0.29) is 5.69 Å². The summed E-state index contributed by atoms with van der Waals surface area (Å²) < 4.78 is 0. The molecule has 0 spiro atoms. The van der Waals surface area contributed by atoms with E-state index >= 15 is 0 Å². The van der Waals surface area contributed by atoms with Crippen LogP contribution in [0, 0.1) is 17.0 Å². The van der Waals surface area contributed by atoms with Gasteiger partial charge in [-0.15, -0.1) is 11.6 Å². The van der Waals surface area contributed by atoms with Gasteiger partial charge in [0.25, 0.3) is 5.69 Å². The summed E-state index contributed by atoms with van der Waals surface area (Å²) in [5.74, 6) is 0.933. The normalized spacial score (nSPS) is 10.5. The molecule has 0 aliphatic carbocycles. The highest BCUT2D eigenvalue weighted by Gasteiger charge is 2.12. The maximum absolute atomic E-state index is 10.7. The number of hydrogen-bond donors (Lipinski definition) is 1. The van der Waals surface area contributed by atoms with Crippen LogP contribution in [0.25, 0.3) is 11.4 Å². The van der Waals surface area contributed by atoms with Gasteiger partial charge in [-0.25, -0.2) is 4.98 Å². The fourth-order valence-corrected chi connectivity index (χ4v) is 1.68. The molecule has 1 heterocycles. The summed E-state index contributed by atoms with van der Waals surface area (Å²) in [4.78, 5) is 17.5. The Hall–Kier alpha value is -1.88. The van der Waals surface area contributed by atoms with E-state index in [1.54, 1.807) is 12.3 Å². The first-order chi connectivity index (χ1) is 8.11. The number of nitrogens with zero attached hydrogens (tertiary/aromatic N) is 2. The van der Waals surface area contributed by atoms with Crippen molar-refractivity contribution in [3.8, 4) is 11.4 Å². The molecule has 1 aromatic heterocycles. The average Bonchev–Trinajstić information content (AvgIpc) is 2.77. The molecule has 6 heteroatoms. The lowest BCUT2D eigenvalue weighted by molar-refractivity contribution is -0.384. The van der Waals surface area contributed by atoms with Crippen LogP contribution in [0.1, 0.15) is 11.3 Å². The second kappa shape index (κ2) is 4.55. The van der Waals surface area contributed by atoms with E-state index in [2.05, 4.69) is 9.97 Å². The maximum Gasteiger partial charge on any atom is 0.270 e. The second-order valence-corrected chi connectivity index (χ2v) is 3.91. The predicted molar refractivity (Wildman–Crippen MR) is 65.0 cm³/mol. The van der Waals surface area contributed by atoms with E-state index in [1.807, 2.05) is 6.92 Å². The first-order valence-corrected chi connectivity index (χ1v) is 5.50. The van der Waals surface area contributed by atoms with Crippen LogP contribution in [0.2, 0.25) is 0 Å². The number of alkyl halides is 1. The van der Waals surface area contributed by atoms with Crippen LogP contribution in [0.4, 0.5) is 5.69 Å². The van der Waals surface area contributed by atoms with Gasteiger partial charge in [-0.2, -0.15) is 0 Å². The average molecular weight is 252 g/mol. The number of benzene rings is 1. The topological polar surface area (TPSA) is 71.8 Å². The van der Waals surface area contributed by atoms with Crippen molar-refractivity contribution in [3.63, 3.8) is 0 Å². The highest BCUT2D eigenvalue weighted by molar-refractivity contribution is 6.16. The van der Waals surface area contributed by atoms with E-state index in [0.29, 0.717) is 11.7 Å². The Kier molecular flexibility index (Phi) is 3.10. The van der Waals surface area contributed by atoms with Crippen molar-refractivity contribution in [2.75, 3.05) is 0 Å². The molecule has 2 rings (SSSR count). The van der Waals surface area contributed by atoms with Crippen LogP contribution in [0.3, 0.4) is 0 Å². The van der Waals surface area contributed by atoms with Gasteiger partial charge in [0.05, 0.1) is 10.8 Å². The highest BCUT2D eigenvalue weighted by Crippen LogP contribution is 2.25. The van der Waals surface area contributed by atoms with Crippen LogP contribution >= 0.6 is 11.6 Å². The van der Waals surface area contributed by atoms with Gasteiger partial charge >= 0.3 is 0 Å². The first-order valence-electron chi connectivity index (χ1n) is 4.97. The molecule has 1 N–H and O–H groups in total. The Morgan fingerprint density at radius 2 is 2.29 bits per heavy atom. The molecular formula is C11H10ClN3O2. The van der Waals surface area contributed by atoms with Crippen molar-refractivity contribution < 1.29 is 4.92 Å². The number of non-ortho nitro benzene ring substituents is 1. The van der Waals surface area contributed by atoms with Gasteiger partial charge in [0.15, 0.2) is 0 Å². The molecule has 0 saturated carbocycles. The highest BCUT2D eigenvalue weighted by atomic mass is 35.5. The van der Waals surface area contributed by atoms with Crippen molar-refractivity contribution >= 4 is 17.3 Å². The zero-order valence-corrected chi connectivity index (χ0v) is 9.86. The number of aromatic nitrogens is 2. The molecular weight excluding hydrogens is 242 g/mol. The molecule has 0 unspecified atom stereocenters. The Morgan fingerprint density at radius 1 is 1.53 bits per heavy atom. The molecule has 0 atom stereocenters. The van der Waals surface area contributed by atoms with Crippen LogP contribution in [-0.2, 0) is 5.88 Å². The minimum Gasteiger partial charge on any atom is -0.341 e. The number of imidazole rings is 1. The fourth-order valence-electron chi connectivity index (χ4n) is 1.54. The van der Waals surface area contributed by atoms with Crippen molar-refractivity contribution in [1.29, 1.82) is 0 Å². The second-order valence-electron chi connectivity index (χ2n) is 3.65. The summed E-state index contributed by atoms with van der Waals surface area (Å²) in [6, 6.07) is 4.69. The zero-order chi connectivity index (χ0) is 12.4. The van der Waals surface area contributed by atoms with Gasteiger partial charge in [0, 0.05) is 29.6 Å². The Morgan fingerprint density at radius 3 is 2.88 bits per heavy atom. The standard InChI is InChI=1S/C11H10ClN3O2/c1-7-2-3-9(15(16)17)4-10(7)11-13-6-8(5-12)14-11/h2-4,6H,5H2,1H3,(H,13,14). The molecule has 5 nitrogen and oxygen atoms in total. The van der Waals surface area contributed by atoms with Crippen LogP contribution in [0.15, 0.2) is 24.4 Å². The Labute approximate surface area is 103 Å². The largest absolute Gasteiger partial charge is 0.341 e. The lowest BCUT2D eigenvalue weighted by Gasteiger charge is -2.02. The summed E-state index contributed by atoms with van der Waals surface area (Å²) in [5, 5.41) is 10.7. The minimum atomic E-state index is -0.422. The molecule has 0 amide bonds. The molecule has 0 aliphatic heterocycles. The maximum atomic E-state index is 10.7. The van der Waals surface area contributed by atoms with Gasteiger partial charge in [-0.1, -0.05) is 6.07 Å². The lowest BCUT2D eigenvalue weighted by Crippen LogP contribution is -1.91. The molecule has 1 aromatic carbocycles. The summed E-state index contributed by atoms with van der Waals surface area (Å²) in [6.45, 7) is 1.88. The smallest absolute Gasteiger partial charge is 0.270 e. The van der Waals surface area contributed by atoms with E-state index < -0.39 is 4.92 Å². The van der Waals surface area contributed by atoms with E-state index in [4.69, 9.17) is 11.6 Å². The number of H-pyrrole nitrogens is 1. The van der Waals surface area contributed by atoms with Gasteiger partial charge in [-0.05, 0) is 12.5 Å². The third-order valence-corrected chi connectivity index (χ3v) is 2.75. The van der Waals surface area contributed by atoms with Crippen molar-refractivity contribution in [1.82, 2.24) is 9.97 Å². The van der Waals surface area contributed by atoms with E-state index in [1.165, 1.54) is 12.1 Å². The van der Waals surface area contributed by atoms with Crippen molar-refractivity contribution in [2.45, 2.75) is 12.8 Å². The molecule has 0 bridgehead atoms. The molecule has 0 saturated heterocycles. The number of aryl methyl sites for hydroxylation is 1. The minimum absolute atomic E-state index is 0.0504. The Bertz CT molecular complexity index is 566. The number of hydrogen-bond acceptors (Lipinski definition) is 3. The van der Waals surface area contributed by atoms with Crippen LogP contribution < -0.4 is 0 Å². The van der Waals surface area contributed by atoms with E-state index in [0.717, 1.165) is 16.8 Å². The monoisotopic (exact) mass is 251 g/mol. The number of halogens is 1. The summed E-state index contributed by atoms with van der Waals surface area (Å²) in [7, 11) is 0. The summed E-state index contributed by atoms with van der Waals surface area (Å²) in [5.41, 5.74) is 2.48. The molecule has 0 aliphatic rings. The SMILES string of the molecule is Cc1ccc([N+](=O)[O-])cc1-c1ncc(CCl)[nH]1. The fraction of sp³-hybridized carbons (Fsp3) is 0.182. The number of nitro groups is 1. The quantitative estimate of drug-likeness (QED) is 0.518. The third kappa shape index (κ3) is 2.29.